The molecule has 1 aliphatic rings. The summed E-state index contributed by atoms with van der Waals surface area (Å²) in [4.78, 5) is 19.1. The quantitative estimate of drug-likeness (QED) is 0.497. The number of carbonyl (C=O) groups is 1. The molecule has 1 N–H and O–H groups in total. The topological polar surface area (TPSA) is 71.0 Å². The summed E-state index contributed by atoms with van der Waals surface area (Å²) in [6, 6.07) is 10.0. The van der Waals surface area contributed by atoms with Crippen LogP contribution < -0.4 is 10.2 Å². The Bertz CT molecular complexity index is 852. The highest BCUT2D eigenvalue weighted by atomic mass is 32.2. The lowest BCUT2D eigenvalue weighted by molar-refractivity contribution is -0.117. The number of rotatable bonds is 6. The number of amides is 1. The Hall–Kier alpha value is -1.97. The number of benzene rings is 1. The van der Waals surface area contributed by atoms with Crippen LogP contribution in [0.4, 0.5) is 10.3 Å². The van der Waals surface area contributed by atoms with Crippen LogP contribution in [0.1, 0.15) is 18.4 Å². The summed E-state index contributed by atoms with van der Waals surface area (Å²) in [5.41, 5.74) is 1.24. The summed E-state index contributed by atoms with van der Waals surface area (Å²) in [6.07, 6.45) is 3.60. The molecule has 26 heavy (non-hydrogen) atoms. The van der Waals surface area contributed by atoms with Crippen molar-refractivity contribution in [2.75, 3.05) is 16.8 Å². The second kappa shape index (κ2) is 8.15. The van der Waals surface area contributed by atoms with E-state index in [9.17, 15) is 4.79 Å². The van der Waals surface area contributed by atoms with Gasteiger partial charge in [0.15, 0.2) is 9.47 Å². The van der Waals surface area contributed by atoms with E-state index < -0.39 is 0 Å². The van der Waals surface area contributed by atoms with Gasteiger partial charge in [0.25, 0.3) is 0 Å². The highest BCUT2D eigenvalue weighted by Crippen LogP contribution is 2.30. The van der Waals surface area contributed by atoms with E-state index >= 15 is 0 Å². The number of anilines is 2. The van der Waals surface area contributed by atoms with Crippen molar-refractivity contribution in [3.05, 3.63) is 47.5 Å². The van der Waals surface area contributed by atoms with E-state index in [1.807, 2.05) is 23.6 Å². The van der Waals surface area contributed by atoms with Crippen molar-refractivity contribution >= 4 is 50.6 Å². The van der Waals surface area contributed by atoms with Gasteiger partial charge in [-0.2, -0.15) is 0 Å². The average molecular weight is 404 g/mol. The fourth-order valence-corrected chi connectivity index (χ4v) is 5.28. The molecule has 1 aliphatic heterocycles. The second-order valence-electron chi connectivity index (χ2n) is 5.80. The molecule has 9 heteroatoms. The van der Waals surface area contributed by atoms with Gasteiger partial charge in [-0.3, -0.25) is 10.1 Å². The van der Waals surface area contributed by atoms with Crippen LogP contribution >= 0.6 is 34.4 Å². The number of carbonyl (C=O) groups excluding carboxylic acids is 1. The Balaban J connectivity index is 1.35. The van der Waals surface area contributed by atoms with Gasteiger partial charge in [0.05, 0.1) is 0 Å². The van der Waals surface area contributed by atoms with Crippen molar-refractivity contribution in [2.24, 2.45) is 0 Å². The van der Waals surface area contributed by atoms with Gasteiger partial charge in [0, 0.05) is 23.9 Å². The largest absolute Gasteiger partial charge is 0.336 e. The number of nitrogens with one attached hydrogen (secondary N) is 1. The smallest absolute Gasteiger partial charge is 0.248 e. The van der Waals surface area contributed by atoms with Gasteiger partial charge in [0.2, 0.25) is 11.0 Å². The highest BCUT2D eigenvalue weighted by Gasteiger charge is 2.32. The minimum absolute atomic E-state index is 0.0338. The maximum Gasteiger partial charge on any atom is 0.248 e. The van der Waals surface area contributed by atoms with Crippen LogP contribution in [0.15, 0.2) is 46.2 Å². The van der Waals surface area contributed by atoms with Gasteiger partial charge in [0.1, 0.15) is 6.04 Å². The zero-order chi connectivity index (χ0) is 17.8. The van der Waals surface area contributed by atoms with Crippen LogP contribution in [0.5, 0.6) is 0 Å². The van der Waals surface area contributed by atoms with E-state index in [0.29, 0.717) is 5.13 Å². The third-order valence-corrected chi connectivity index (χ3v) is 6.91. The third-order valence-electron chi connectivity index (χ3n) is 4.06. The fourth-order valence-electron chi connectivity index (χ4n) is 2.85. The van der Waals surface area contributed by atoms with Gasteiger partial charge < -0.3 is 4.90 Å². The Morgan fingerprint density at radius 2 is 2.19 bits per heavy atom. The van der Waals surface area contributed by atoms with Crippen molar-refractivity contribution in [3.63, 3.8) is 0 Å². The van der Waals surface area contributed by atoms with Crippen molar-refractivity contribution in [3.8, 4) is 0 Å². The molecule has 1 saturated heterocycles. The van der Waals surface area contributed by atoms with E-state index in [1.54, 1.807) is 29.3 Å². The molecule has 6 nitrogen and oxygen atoms in total. The van der Waals surface area contributed by atoms with Crippen LogP contribution in [0.25, 0.3) is 0 Å². The van der Waals surface area contributed by atoms with E-state index in [1.165, 1.54) is 16.9 Å². The van der Waals surface area contributed by atoms with Crippen LogP contribution in [0.3, 0.4) is 0 Å². The summed E-state index contributed by atoms with van der Waals surface area (Å²) in [5.74, 6) is 0.803. The van der Waals surface area contributed by atoms with Crippen molar-refractivity contribution < 1.29 is 4.79 Å². The summed E-state index contributed by atoms with van der Waals surface area (Å²) < 4.78 is 0.854. The molecule has 0 radical (unpaired) electrons. The number of aromatic nitrogens is 3. The molecule has 134 valence electrons. The summed E-state index contributed by atoms with van der Waals surface area (Å²) in [6.45, 7) is 0.861. The van der Waals surface area contributed by atoms with E-state index in [2.05, 4.69) is 37.5 Å². The minimum atomic E-state index is -0.189. The second-order valence-corrected chi connectivity index (χ2v) is 8.88. The number of hydrogen-bond acceptors (Lipinski definition) is 8. The maximum absolute atomic E-state index is 12.7. The first-order chi connectivity index (χ1) is 12.8. The van der Waals surface area contributed by atoms with Crippen LogP contribution in [0, 0.1) is 0 Å². The van der Waals surface area contributed by atoms with Crippen molar-refractivity contribution in [1.82, 2.24) is 15.2 Å². The summed E-state index contributed by atoms with van der Waals surface area (Å²) >= 11 is 4.60. The molecule has 1 fully saturated rings. The summed E-state index contributed by atoms with van der Waals surface area (Å²) in [5, 5.41) is 14.6. The van der Waals surface area contributed by atoms with Gasteiger partial charge >= 0.3 is 0 Å². The standard InChI is InChI=1S/C17H17N5OS3/c23-14(13-7-4-9-22(13)16-18-8-10-24-16)19-15-20-21-17(26-15)25-11-12-5-2-1-3-6-12/h1-3,5-6,8,10,13H,4,7,9,11H2,(H,19,20,23). The number of hydrogen-bond donors (Lipinski definition) is 1. The lowest BCUT2D eigenvalue weighted by Gasteiger charge is -2.22. The van der Waals surface area contributed by atoms with Gasteiger partial charge in [-0.15, -0.1) is 21.5 Å². The van der Waals surface area contributed by atoms with Crippen molar-refractivity contribution in [2.45, 2.75) is 29.0 Å². The molecular formula is C17H17N5OS3. The van der Waals surface area contributed by atoms with Crippen LogP contribution in [0.2, 0.25) is 0 Å². The molecule has 0 bridgehead atoms. The molecule has 3 heterocycles. The zero-order valence-electron chi connectivity index (χ0n) is 13.9. The molecule has 1 atom stereocenters. The molecule has 1 unspecified atom stereocenters. The first-order valence-corrected chi connectivity index (χ1v) is 10.9. The van der Waals surface area contributed by atoms with E-state index in [-0.39, 0.29) is 11.9 Å². The molecule has 4 rings (SSSR count). The molecule has 3 aromatic rings. The average Bonchev–Trinajstić information content (AvgIpc) is 3.41. The summed E-state index contributed by atoms with van der Waals surface area (Å²) in [7, 11) is 0. The van der Waals surface area contributed by atoms with Gasteiger partial charge in [-0.25, -0.2) is 4.98 Å². The van der Waals surface area contributed by atoms with Crippen LogP contribution in [-0.2, 0) is 10.5 Å². The molecule has 2 aromatic heterocycles. The lowest BCUT2D eigenvalue weighted by atomic mass is 10.2. The molecular weight excluding hydrogens is 386 g/mol. The van der Waals surface area contributed by atoms with Gasteiger partial charge in [-0.05, 0) is 18.4 Å². The van der Waals surface area contributed by atoms with Gasteiger partial charge in [-0.1, -0.05) is 53.4 Å². The predicted octanol–water partition coefficient (Wildman–Crippen LogP) is 3.89. The van der Waals surface area contributed by atoms with E-state index in [4.69, 9.17) is 0 Å². The SMILES string of the molecule is O=C(Nc1nnc(SCc2ccccc2)s1)C1CCCN1c1nccs1. The highest BCUT2D eigenvalue weighted by molar-refractivity contribution is 8.00. The van der Waals surface area contributed by atoms with Crippen molar-refractivity contribution in [1.29, 1.82) is 0 Å². The minimum Gasteiger partial charge on any atom is -0.336 e. The Morgan fingerprint density at radius 1 is 1.31 bits per heavy atom. The molecule has 0 saturated carbocycles. The molecule has 1 aromatic carbocycles. The molecule has 0 spiro atoms. The van der Waals surface area contributed by atoms with E-state index in [0.717, 1.165) is 34.6 Å². The normalized spacial score (nSPS) is 16.8. The maximum atomic E-state index is 12.7. The monoisotopic (exact) mass is 403 g/mol. The predicted molar refractivity (Wildman–Crippen MR) is 107 cm³/mol. The van der Waals surface area contributed by atoms with Crippen LogP contribution in [-0.4, -0.2) is 33.7 Å². The number of nitrogens with zero attached hydrogens (tertiary/aromatic N) is 4. The first kappa shape index (κ1) is 17.4. The first-order valence-electron chi connectivity index (χ1n) is 8.27. The Kier molecular flexibility index (Phi) is 5.47. The fraction of sp³-hybridized carbons (Fsp3) is 0.294. The molecule has 0 aliphatic carbocycles. The Morgan fingerprint density at radius 3 is 3.00 bits per heavy atom. The number of thiazole rings is 1. The Labute approximate surface area is 163 Å². The lowest BCUT2D eigenvalue weighted by Crippen LogP contribution is -2.39. The molecule has 1 amide bonds. The third kappa shape index (κ3) is 4.05. The number of thioether (sulfide) groups is 1. The zero-order valence-corrected chi connectivity index (χ0v) is 16.3.